The first-order chi connectivity index (χ1) is 16.9. The number of benzene rings is 1. The summed E-state index contributed by atoms with van der Waals surface area (Å²) in [5.41, 5.74) is 3.37. The van der Waals surface area contributed by atoms with Crippen LogP contribution in [0, 0.1) is 17.2 Å². The number of pyridine rings is 1. The third-order valence-corrected chi connectivity index (χ3v) is 6.66. The lowest BCUT2D eigenvalue weighted by Gasteiger charge is -2.17. The molecule has 35 heavy (non-hydrogen) atoms. The summed E-state index contributed by atoms with van der Waals surface area (Å²) in [6, 6.07) is 11.3. The van der Waals surface area contributed by atoms with Crippen molar-refractivity contribution < 1.29 is 19.4 Å². The van der Waals surface area contributed by atoms with Gasteiger partial charge in [-0.1, -0.05) is 23.7 Å². The Balaban J connectivity index is 1.48. The van der Waals surface area contributed by atoms with Gasteiger partial charge in [-0.2, -0.15) is 5.26 Å². The summed E-state index contributed by atoms with van der Waals surface area (Å²) in [5, 5.41) is 20.0. The molecule has 1 aromatic carbocycles. The van der Waals surface area contributed by atoms with Gasteiger partial charge in [-0.3, -0.25) is 9.59 Å². The molecule has 0 unspecified atom stereocenters. The van der Waals surface area contributed by atoms with Gasteiger partial charge in [-0.25, -0.2) is 4.98 Å². The molecule has 0 bridgehead atoms. The van der Waals surface area contributed by atoms with Crippen LogP contribution in [0.5, 0.6) is 0 Å². The molecule has 1 saturated heterocycles. The van der Waals surface area contributed by atoms with Crippen LogP contribution in [0.4, 0.5) is 0 Å². The Morgan fingerprint density at radius 1 is 1.31 bits per heavy atom. The molecule has 3 heterocycles. The molecule has 0 aliphatic carbocycles. The van der Waals surface area contributed by atoms with Crippen molar-refractivity contribution >= 4 is 34.5 Å². The number of nitriles is 1. The minimum atomic E-state index is -0.885. The number of ether oxygens (including phenoxy) is 1. The van der Waals surface area contributed by atoms with Crippen LogP contribution in [0.1, 0.15) is 46.4 Å². The van der Waals surface area contributed by atoms with Gasteiger partial charge in [-0.05, 0) is 49.4 Å². The van der Waals surface area contributed by atoms with Crippen LogP contribution in [-0.2, 0) is 29.6 Å². The molecular formula is C26H27ClN4O4. The van der Waals surface area contributed by atoms with Crippen molar-refractivity contribution in [2.45, 2.75) is 32.3 Å². The van der Waals surface area contributed by atoms with Crippen molar-refractivity contribution in [1.29, 1.82) is 5.26 Å². The topological polar surface area (TPSA) is 108 Å². The first-order valence-electron chi connectivity index (χ1n) is 11.6. The van der Waals surface area contributed by atoms with Crippen molar-refractivity contribution in [3.05, 3.63) is 63.9 Å². The van der Waals surface area contributed by atoms with E-state index in [9.17, 15) is 20.0 Å². The third-order valence-electron chi connectivity index (χ3n) is 6.42. The molecule has 1 fully saturated rings. The van der Waals surface area contributed by atoms with E-state index in [2.05, 4.69) is 11.1 Å². The molecule has 1 amide bonds. The quantitative estimate of drug-likeness (QED) is 0.447. The summed E-state index contributed by atoms with van der Waals surface area (Å²) in [7, 11) is 1.87. The molecule has 1 aliphatic rings. The maximum absolute atomic E-state index is 13.6. The third kappa shape index (κ3) is 5.47. The largest absolute Gasteiger partial charge is 0.481 e. The molecule has 4 rings (SSSR count). The minimum absolute atomic E-state index is 0.187. The van der Waals surface area contributed by atoms with Crippen molar-refractivity contribution in [3.8, 4) is 6.07 Å². The second-order valence-electron chi connectivity index (χ2n) is 8.80. The normalized spacial score (nSPS) is 15.5. The lowest BCUT2D eigenvalue weighted by molar-refractivity contribution is -0.141. The highest BCUT2D eigenvalue weighted by molar-refractivity contribution is 6.30. The molecule has 3 aromatic rings. The molecule has 0 saturated carbocycles. The van der Waals surface area contributed by atoms with Crippen LogP contribution in [0.15, 0.2) is 36.5 Å². The van der Waals surface area contributed by atoms with Crippen LogP contribution in [0.25, 0.3) is 11.0 Å². The molecule has 0 spiro atoms. The number of halogens is 1. The molecular weight excluding hydrogens is 468 g/mol. The average molecular weight is 495 g/mol. The van der Waals surface area contributed by atoms with E-state index in [0.29, 0.717) is 59.8 Å². The Bertz CT molecular complexity index is 1300. The number of hydrogen-bond donors (Lipinski definition) is 1. The van der Waals surface area contributed by atoms with Gasteiger partial charge in [0.2, 0.25) is 0 Å². The summed E-state index contributed by atoms with van der Waals surface area (Å²) >= 11 is 6.01. The van der Waals surface area contributed by atoms with Crippen LogP contribution in [0.2, 0.25) is 5.02 Å². The van der Waals surface area contributed by atoms with E-state index in [1.54, 1.807) is 11.0 Å². The fraction of sp³-hybridized carbons (Fsp3) is 0.385. The van der Waals surface area contributed by atoms with E-state index in [1.165, 1.54) is 6.20 Å². The van der Waals surface area contributed by atoms with Crippen molar-refractivity contribution in [2.24, 2.45) is 13.0 Å². The highest BCUT2D eigenvalue weighted by atomic mass is 35.5. The number of carboxylic acid groups (broad SMARTS) is 1. The van der Waals surface area contributed by atoms with Crippen molar-refractivity contribution in [1.82, 2.24) is 14.5 Å². The first kappa shape index (κ1) is 24.7. The Hall–Kier alpha value is -3.41. The first-order valence-corrected chi connectivity index (χ1v) is 12.0. The highest BCUT2D eigenvalue weighted by Crippen LogP contribution is 2.29. The number of fused-ring (bicyclic) bond motifs is 1. The van der Waals surface area contributed by atoms with Gasteiger partial charge in [0.25, 0.3) is 5.91 Å². The Kier molecular flexibility index (Phi) is 7.69. The average Bonchev–Trinajstić information content (AvgIpc) is 3.44. The van der Waals surface area contributed by atoms with Gasteiger partial charge >= 0.3 is 5.97 Å². The number of amides is 1. The lowest BCUT2D eigenvalue weighted by atomic mass is 10.1. The number of aliphatic carboxylic acids is 1. The summed E-state index contributed by atoms with van der Waals surface area (Å²) in [4.78, 5) is 31.0. The monoisotopic (exact) mass is 494 g/mol. The predicted molar refractivity (Wildman–Crippen MR) is 131 cm³/mol. The number of hydrogen-bond acceptors (Lipinski definition) is 5. The minimum Gasteiger partial charge on any atom is -0.481 e. The van der Waals surface area contributed by atoms with E-state index in [4.69, 9.17) is 16.3 Å². The van der Waals surface area contributed by atoms with Crippen LogP contribution >= 0.6 is 11.6 Å². The molecule has 1 N–H and O–H groups in total. The molecule has 2 aromatic heterocycles. The maximum Gasteiger partial charge on any atom is 0.308 e. The fourth-order valence-electron chi connectivity index (χ4n) is 4.57. The van der Waals surface area contributed by atoms with E-state index >= 15 is 0 Å². The standard InChI is InChI=1S/C26H27ClN4O4/c1-30-22(7-2-3-10-35-16-17-5-4-6-20(27)11-17)23(21-12-18(13-28)14-29-24(21)30)25(32)31-9-8-19(15-31)26(33)34/h4-6,11-12,14,19H,2-3,7-10,15-16H2,1H3,(H,33,34)/t19-/m0/s1. The van der Waals surface area contributed by atoms with Gasteiger partial charge in [0.05, 0.1) is 23.7 Å². The maximum atomic E-state index is 13.6. The fourth-order valence-corrected chi connectivity index (χ4v) is 4.78. The van der Waals surface area contributed by atoms with E-state index in [0.717, 1.165) is 24.1 Å². The number of carboxylic acids is 1. The van der Waals surface area contributed by atoms with E-state index in [-0.39, 0.29) is 12.5 Å². The SMILES string of the molecule is Cn1c(CCCCOCc2cccc(Cl)c2)c(C(=O)N2CC[C@H](C(=O)O)C2)c2cc(C#N)cnc21. The summed E-state index contributed by atoms with van der Waals surface area (Å²) in [5.74, 6) is -1.64. The van der Waals surface area contributed by atoms with Crippen molar-refractivity contribution in [2.75, 3.05) is 19.7 Å². The molecule has 1 atom stereocenters. The second kappa shape index (κ2) is 10.9. The number of carbonyl (C=O) groups excluding carboxylic acids is 1. The van der Waals surface area contributed by atoms with Crippen LogP contribution < -0.4 is 0 Å². The number of aromatic nitrogens is 2. The van der Waals surface area contributed by atoms with Gasteiger partial charge in [0, 0.05) is 49.0 Å². The van der Waals surface area contributed by atoms with Gasteiger partial charge < -0.3 is 19.3 Å². The number of nitrogens with zero attached hydrogens (tertiary/aromatic N) is 4. The lowest BCUT2D eigenvalue weighted by Crippen LogP contribution is -2.30. The number of unbranched alkanes of at least 4 members (excludes halogenated alkanes) is 1. The summed E-state index contributed by atoms with van der Waals surface area (Å²) in [6.45, 7) is 1.64. The van der Waals surface area contributed by atoms with Gasteiger partial charge in [0.1, 0.15) is 11.7 Å². The Labute approximate surface area is 208 Å². The Morgan fingerprint density at radius 2 is 2.14 bits per heavy atom. The summed E-state index contributed by atoms with van der Waals surface area (Å²) in [6.07, 6.45) is 4.17. The van der Waals surface area contributed by atoms with Gasteiger partial charge in [0.15, 0.2) is 0 Å². The zero-order valence-electron chi connectivity index (χ0n) is 19.5. The van der Waals surface area contributed by atoms with Crippen LogP contribution in [0.3, 0.4) is 0 Å². The van der Waals surface area contributed by atoms with E-state index < -0.39 is 11.9 Å². The van der Waals surface area contributed by atoms with Gasteiger partial charge in [-0.15, -0.1) is 0 Å². The number of rotatable bonds is 9. The number of likely N-dealkylation sites (tertiary alicyclic amines) is 1. The molecule has 1 aliphatic heterocycles. The zero-order chi connectivity index (χ0) is 24.9. The molecule has 9 heteroatoms. The Morgan fingerprint density at radius 3 is 2.86 bits per heavy atom. The summed E-state index contributed by atoms with van der Waals surface area (Å²) < 4.78 is 7.68. The second-order valence-corrected chi connectivity index (χ2v) is 9.24. The molecule has 0 radical (unpaired) electrons. The highest BCUT2D eigenvalue weighted by Gasteiger charge is 2.34. The molecule has 8 nitrogen and oxygen atoms in total. The zero-order valence-corrected chi connectivity index (χ0v) is 20.3. The molecule has 182 valence electrons. The number of aryl methyl sites for hydroxylation is 1. The van der Waals surface area contributed by atoms with Crippen LogP contribution in [-0.4, -0.2) is 51.1 Å². The van der Waals surface area contributed by atoms with Crippen molar-refractivity contribution in [3.63, 3.8) is 0 Å². The predicted octanol–water partition coefficient (Wildman–Crippen LogP) is 4.18. The van der Waals surface area contributed by atoms with E-state index in [1.807, 2.05) is 35.9 Å². The smallest absolute Gasteiger partial charge is 0.308 e. The number of carbonyl (C=O) groups is 2.